The molecule has 2 aromatic carbocycles. The fourth-order valence-corrected chi connectivity index (χ4v) is 2.98. The zero-order valence-corrected chi connectivity index (χ0v) is 12.2. The molecule has 3 rings (SSSR count). The van der Waals surface area contributed by atoms with Gasteiger partial charge in [0, 0.05) is 26.9 Å². The van der Waals surface area contributed by atoms with Gasteiger partial charge in [0.25, 0.3) is 0 Å². The Morgan fingerprint density at radius 3 is 2.30 bits per heavy atom. The Balaban J connectivity index is 1.93. The predicted octanol–water partition coefficient (Wildman–Crippen LogP) is 4.34. The van der Waals surface area contributed by atoms with Crippen molar-refractivity contribution in [2.75, 3.05) is 14.2 Å². The van der Waals surface area contributed by atoms with Crippen LogP contribution in [0.15, 0.2) is 58.5 Å². The lowest BCUT2D eigenvalue weighted by molar-refractivity contribution is 0.414. The topological polar surface area (TPSA) is 34.2 Å². The molecule has 0 fully saturated rings. The number of hydrogen-bond acceptors (Lipinski definition) is 3. The summed E-state index contributed by atoms with van der Waals surface area (Å²) in [5.74, 6) is 1.74. The van der Waals surface area contributed by atoms with E-state index in [0.717, 1.165) is 17.0 Å². The number of fused-ring (bicyclic) bond motifs is 1. The molecule has 0 amide bonds. The first-order valence-electron chi connectivity index (χ1n) is 6.27. The normalized spacial score (nSPS) is 10.7. The van der Waals surface area contributed by atoms with Crippen molar-refractivity contribution in [2.24, 2.45) is 0 Å². The van der Waals surface area contributed by atoms with E-state index in [-0.39, 0.29) is 0 Å². The Morgan fingerprint density at radius 1 is 0.900 bits per heavy atom. The lowest BCUT2D eigenvalue weighted by Crippen LogP contribution is -1.82. The Kier molecular flexibility index (Phi) is 3.56. The van der Waals surface area contributed by atoms with Crippen molar-refractivity contribution in [2.45, 2.75) is 9.79 Å². The van der Waals surface area contributed by atoms with E-state index in [1.54, 1.807) is 26.0 Å². The van der Waals surface area contributed by atoms with E-state index in [1.165, 1.54) is 15.2 Å². The molecule has 0 spiro atoms. The van der Waals surface area contributed by atoms with E-state index < -0.39 is 0 Å². The molecule has 4 heteroatoms. The highest BCUT2D eigenvalue weighted by Crippen LogP contribution is 2.35. The van der Waals surface area contributed by atoms with Gasteiger partial charge in [0.1, 0.15) is 11.5 Å². The van der Waals surface area contributed by atoms with Crippen molar-refractivity contribution in [1.82, 2.24) is 4.98 Å². The maximum Gasteiger partial charge on any atom is 0.119 e. The number of benzene rings is 2. The molecule has 1 heterocycles. The lowest BCUT2D eigenvalue weighted by Gasteiger charge is -2.03. The summed E-state index contributed by atoms with van der Waals surface area (Å²) in [7, 11) is 3.36. The maximum atomic E-state index is 5.29. The Labute approximate surface area is 121 Å². The van der Waals surface area contributed by atoms with Gasteiger partial charge in [-0.05, 0) is 42.5 Å². The first-order valence-corrected chi connectivity index (χ1v) is 7.09. The van der Waals surface area contributed by atoms with E-state index in [1.807, 2.05) is 30.5 Å². The van der Waals surface area contributed by atoms with Crippen LogP contribution < -0.4 is 9.47 Å². The highest BCUT2D eigenvalue weighted by atomic mass is 32.2. The van der Waals surface area contributed by atoms with Crippen molar-refractivity contribution in [3.8, 4) is 11.5 Å². The van der Waals surface area contributed by atoms with Crippen LogP contribution in [-0.4, -0.2) is 19.2 Å². The van der Waals surface area contributed by atoms with Gasteiger partial charge in [-0.2, -0.15) is 0 Å². The van der Waals surface area contributed by atoms with Gasteiger partial charge in [-0.15, -0.1) is 0 Å². The van der Waals surface area contributed by atoms with E-state index >= 15 is 0 Å². The average Bonchev–Trinajstić information content (AvgIpc) is 2.90. The third-order valence-corrected chi connectivity index (χ3v) is 4.20. The molecule has 0 aliphatic rings. The van der Waals surface area contributed by atoms with Crippen molar-refractivity contribution in [1.29, 1.82) is 0 Å². The minimum absolute atomic E-state index is 0.869. The van der Waals surface area contributed by atoms with Crippen molar-refractivity contribution < 1.29 is 9.47 Å². The van der Waals surface area contributed by atoms with Crippen LogP contribution in [0.3, 0.4) is 0 Å². The van der Waals surface area contributed by atoms with Gasteiger partial charge in [0.15, 0.2) is 0 Å². The fraction of sp³-hybridized carbons (Fsp3) is 0.125. The molecule has 1 aromatic heterocycles. The van der Waals surface area contributed by atoms with Crippen LogP contribution in [0, 0.1) is 0 Å². The van der Waals surface area contributed by atoms with E-state index in [0.29, 0.717) is 0 Å². The van der Waals surface area contributed by atoms with Crippen LogP contribution in [0.5, 0.6) is 11.5 Å². The van der Waals surface area contributed by atoms with Gasteiger partial charge in [0.2, 0.25) is 0 Å². The quantitative estimate of drug-likeness (QED) is 0.774. The largest absolute Gasteiger partial charge is 0.497 e. The third-order valence-electron chi connectivity index (χ3n) is 3.14. The predicted molar refractivity (Wildman–Crippen MR) is 82.0 cm³/mol. The van der Waals surface area contributed by atoms with E-state index in [9.17, 15) is 0 Å². The molecule has 1 N–H and O–H groups in total. The standard InChI is InChI=1S/C16H15NO2S/c1-18-11-3-6-13(7-4-11)20-16-10-17-15-8-5-12(19-2)9-14(15)16/h3-10,17H,1-2H3. The summed E-state index contributed by atoms with van der Waals surface area (Å²) < 4.78 is 10.5. The van der Waals surface area contributed by atoms with E-state index in [2.05, 4.69) is 23.2 Å². The number of aromatic nitrogens is 1. The van der Waals surface area contributed by atoms with Crippen LogP contribution in [-0.2, 0) is 0 Å². The van der Waals surface area contributed by atoms with Gasteiger partial charge in [0.05, 0.1) is 14.2 Å². The molecule has 0 saturated heterocycles. The monoisotopic (exact) mass is 285 g/mol. The summed E-state index contributed by atoms with van der Waals surface area (Å²) in [4.78, 5) is 5.64. The summed E-state index contributed by atoms with van der Waals surface area (Å²) in [6, 6.07) is 14.1. The molecule has 102 valence electrons. The fourth-order valence-electron chi connectivity index (χ4n) is 2.06. The molecule has 0 aliphatic heterocycles. The zero-order chi connectivity index (χ0) is 13.9. The van der Waals surface area contributed by atoms with Crippen molar-refractivity contribution >= 4 is 22.7 Å². The average molecular weight is 285 g/mol. The van der Waals surface area contributed by atoms with Crippen LogP contribution in [0.25, 0.3) is 10.9 Å². The summed E-state index contributed by atoms with van der Waals surface area (Å²) in [6.07, 6.45) is 2.03. The number of H-pyrrole nitrogens is 1. The van der Waals surface area contributed by atoms with Crippen LogP contribution in [0.1, 0.15) is 0 Å². The van der Waals surface area contributed by atoms with Crippen molar-refractivity contribution in [3.05, 3.63) is 48.7 Å². The smallest absolute Gasteiger partial charge is 0.119 e. The number of nitrogens with one attached hydrogen (secondary N) is 1. The summed E-state index contributed by atoms with van der Waals surface area (Å²) >= 11 is 1.72. The van der Waals surface area contributed by atoms with Crippen LogP contribution in [0.4, 0.5) is 0 Å². The molecule has 0 unspecified atom stereocenters. The number of ether oxygens (including phenoxy) is 2. The van der Waals surface area contributed by atoms with Gasteiger partial charge >= 0.3 is 0 Å². The molecule has 20 heavy (non-hydrogen) atoms. The van der Waals surface area contributed by atoms with Gasteiger partial charge in [-0.25, -0.2) is 0 Å². The van der Waals surface area contributed by atoms with Crippen LogP contribution in [0.2, 0.25) is 0 Å². The Morgan fingerprint density at radius 2 is 1.60 bits per heavy atom. The lowest BCUT2D eigenvalue weighted by atomic mass is 10.2. The molecular weight excluding hydrogens is 270 g/mol. The highest BCUT2D eigenvalue weighted by molar-refractivity contribution is 7.99. The summed E-state index contributed by atoms with van der Waals surface area (Å²) in [6.45, 7) is 0. The number of aromatic amines is 1. The highest BCUT2D eigenvalue weighted by Gasteiger charge is 2.07. The minimum atomic E-state index is 0.869. The van der Waals surface area contributed by atoms with E-state index in [4.69, 9.17) is 9.47 Å². The van der Waals surface area contributed by atoms with Gasteiger partial charge in [-0.1, -0.05) is 11.8 Å². The molecule has 0 bridgehead atoms. The van der Waals surface area contributed by atoms with Crippen molar-refractivity contribution in [3.63, 3.8) is 0 Å². The SMILES string of the molecule is COc1ccc(Sc2c[nH]c3ccc(OC)cc23)cc1. The molecule has 0 radical (unpaired) electrons. The Hall–Kier alpha value is -2.07. The number of rotatable bonds is 4. The van der Waals surface area contributed by atoms with Gasteiger partial charge < -0.3 is 14.5 Å². The second-order valence-electron chi connectivity index (χ2n) is 4.34. The van der Waals surface area contributed by atoms with Crippen LogP contribution >= 0.6 is 11.8 Å². The second-order valence-corrected chi connectivity index (χ2v) is 5.46. The maximum absolute atomic E-state index is 5.29. The molecule has 0 aliphatic carbocycles. The number of methoxy groups -OCH3 is 2. The number of hydrogen-bond donors (Lipinski definition) is 1. The second kappa shape index (κ2) is 5.51. The molecule has 3 aromatic rings. The first kappa shape index (κ1) is 12.9. The molecule has 3 nitrogen and oxygen atoms in total. The van der Waals surface area contributed by atoms with Gasteiger partial charge in [-0.3, -0.25) is 0 Å². The molecule has 0 atom stereocenters. The zero-order valence-electron chi connectivity index (χ0n) is 11.3. The summed E-state index contributed by atoms with van der Waals surface area (Å²) in [5.41, 5.74) is 1.11. The minimum Gasteiger partial charge on any atom is -0.497 e. The molecular formula is C16H15NO2S. The summed E-state index contributed by atoms with van der Waals surface area (Å²) in [5, 5.41) is 1.17. The molecule has 0 saturated carbocycles. The Bertz CT molecular complexity index is 719. The third kappa shape index (κ3) is 2.47. The first-order chi connectivity index (χ1) is 9.80.